The lowest BCUT2D eigenvalue weighted by atomic mass is 9.97. The van der Waals surface area contributed by atoms with E-state index >= 15 is 0 Å². The van der Waals surface area contributed by atoms with E-state index in [1.54, 1.807) is 0 Å². The van der Waals surface area contributed by atoms with Crippen LogP contribution in [0.1, 0.15) is 64.7 Å². The lowest BCUT2D eigenvalue weighted by Gasteiger charge is -2.32. The molecule has 1 heterocycles. The van der Waals surface area contributed by atoms with Crippen molar-refractivity contribution in [3.05, 3.63) is 0 Å². The molecule has 29 heavy (non-hydrogen) atoms. The van der Waals surface area contributed by atoms with Crippen LogP contribution in [0.5, 0.6) is 0 Å². The minimum atomic E-state index is -0.593. The maximum absolute atomic E-state index is 12.4. The van der Waals surface area contributed by atoms with Crippen LogP contribution in [-0.2, 0) is 0 Å². The zero-order valence-corrected chi connectivity index (χ0v) is 18.9. The van der Waals surface area contributed by atoms with Gasteiger partial charge >= 0.3 is 6.03 Å². The minimum Gasteiger partial charge on any atom is -0.394 e. The van der Waals surface area contributed by atoms with Gasteiger partial charge in [-0.1, -0.05) is 26.2 Å². The van der Waals surface area contributed by atoms with Gasteiger partial charge in [0.15, 0.2) is 0 Å². The Morgan fingerprint density at radius 2 is 1.79 bits per heavy atom. The van der Waals surface area contributed by atoms with Gasteiger partial charge in [0.25, 0.3) is 0 Å². The molecule has 0 bridgehead atoms. The van der Waals surface area contributed by atoms with Crippen molar-refractivity contribution in [2.24, 2.45) is 5.92 Å². The fraction of sp³-hybridized carbons (Fsp3) is 0.955. The van der Waals surface area contributed by atoms with Crippen molar-refractivity contribution in [2.75, 3.05) is 59.5 Å². The normalized spacial score (nSPS) is 16.4. The first kappa shape index (κ1) is 26.1. The Morgan fingerprint density at radius 1 is 1.10 bits per heavy atom. The molecule has 172 valence electrons. The van der Waals surface area contributed by atoms with E-state index in [1.165, 1.54) is 25.7 Å². The van der Waals surface area contributed by atoms with Crippen LogP contribution in [0.3, 0.4) is 0 Å². The smallest absolute Gasteiger partial charge is 0.317 e. The summed E-state index contributed by atoms with van der Waals surface area (Å²) in [5, 5.41) is 24.7. The van der Waals surface area contributed by atoms with E-state index in [0.717, 1.165) is 65.0 Å². The molecule has 0 spiro atoms. The molecular weight excluding hydrogens is 368 g/mol. The molecule has 0 radical (unpaired) electrons. The molecule has 7 heteroatoms. The number of aliphatic hydroxyl groups is 2. The van der Waals surface area contributed by atoms with E-state index in [4.69, 9.17) is 5.11 Å². The maximum atomic E-state index is 12.4. The molecule has 7 nitrogen and oxygen atoms in total. The van der Waals surface area contributed by atoms with Crippen molar-refractivity contribution in [3.8, 4) is 0 Å². The molecule has 1 saturated heterocycles. The van der Waals surface area contributed by atoms with Crippen LogP contribution in [-0.4, -0.2) is 91.6 Å². The van der Waals surface area contributed by atoms with Crippen LogP contribution in [0.25, 0.3) is 0 Å². The first-order valence-corrected chi connectivity index (χ1v) is 11.8. The third-order valence-corrected chi connectivity index (χ3v) is 5.90. The monoisotopic (exact) mass is 414 g/mol. The molecule has 4 N–H and O–H groups in total. The molecule has 0 aromatic heterocycles. The number of amides is 2. The van der Waals surface area contributed by atoms with Crippen LogP contribution in [0.2, 0.25) is 0 Å². The second-order valence-corrected chi connectivity index (χ2v) is 8.45. The number of unbranched alkanes of at least 4 members (excludes halogenated alkanes) is 4. The number of piperidine rings is 1. The SMILES string of the molecule is CCCCCCN(CCCC[C@H](O)CO)CCNC(=O)N1CCC(CNC)CC1. The van der Waals surface area contributed by atoms with Crippen LogP contribution >= 0.6 is 0 Å². The molecule has 1 aliphatic rings. The highest BCUT2D eigenvalue weighted by Gasteiger charge is 2.22. The summed E-state index contributed by atoms with van der Waals surface area (Å²) in [4.78, 5) is 16.8. The van der Waals surface area contributed by atoms with Gasteiger partial charge in [0, 0.05) is 26.2 Å². The number of nitrogens with zero attached hydrogens (tertiary/aromatic N) is 2. The molecule has 2 amide bonds. The van der Waals surface area contributed by atoms with Crippen molar-refractivity contribution in [2.45, 2.75) is 70.8 Å². The van der Waals surface area contributed by atoms with E-state index in [2.05, 4.69) is 22.5 Å². The fourth-order valence-electron chi connectivity index (χ4n) is 3.97. The van der Waals surface area contributed by atoms with Crippen molar-refractivity contribution in [1.29, 1.82) is 0 Å². The van der Waals surface area contributed by atoms with Crippen molar-refractivity contribution < 1.29 is 15.0 Å². The highest BCUT2D eigenvalue weighted by molar-refractivity contribution is 5.74. The number of rotatable bonds is 16. The molecule has 0 aliphatic carbocycles. The predicted octanol–water partition coefficient (Wildman–Crippen LogP) is 2.03. The first-order chi connectivity index (χ1) is 14.1. The van der Waals surface area contributed by atoms with Gasteiger partial charge in [0.1, 0.15) is 0 Å². The number of likely N-dealkylation sites (tertiary alicyclic amines) is 1. The fourth-order valence-corrected chi connectivity index (χ4v) is 3.97. The molecule has 1 fully saturated rings. The second-order valence-electron chi connectivity index (χ2n) is 8.45. The van der Waals surface area contributed by atoms with Crippen LogP contribution < -0.4 is 10.6 Å². The topological polar surface area (TPSA) is 88.1 Å². The van der Waals surface area contributed by atoms with Crippen molar-refractivity contribution in [1.82, 2.24) is 20.4 Å². The van der Waals surface area contributed by atoms with Gasteiger partial charge in [-0.25, -0.2) is 4.79 Å². The number of hydrogen-bond acceptors (Lipinski definition) is 5. The summed E-state index contributed by atoms with van der Waals surface area (Å²) in [7, 11) is 1.99. The predicted molar refractivity (Wildman–Crippen MR) is 119 cm³/mol. The number of hydrogen-bond donors (Lipinski definition) is 4. The standard InChI is InChI=1S/C22H46N4O3/c1-3-4-5-7-13-25(14-8-6-9-21(28)19-27)17-12-24-22(29)26-15-10-20(11-16-26)18-23-2/h20-21,23,27-28H,3-19H2,1-2H3,(H,24,29)/t21-/m0/s1. The van der Waals surface area contributed by atoms with Gasteiger partial charge in [0.2, 0.25) is 0 Å². The Balaban J connectivity index is 2.27. The average molecular weight is 415 g/mol. The summed E-state index contributed by atoms with van der Waals surface area (Å²) in [6, 6.07) is 0.0740. The summed E-state index contributed by atoms with van der Waals surface area (Å²) < 4.78 is 0. The number of nitrogens with one attached hydrogen (secondary N) is 2. The average Bonchev–Trinajstić information content (AvgIpc) is 2.74. The van der Waals surface area contributed by atoms with Crippen LogP contribution in [0.15, 0.2) is 0 Å². The highest BCUT2D eigenvalue weighted by atomic mass is 16.3. The van der Waals surface area contributed by atoms with Gasteiger partial charge < -0.3 is 30.6 Å². The molecule has 0 unspecified atom stereocenters. The third-order valence-electron chi connectivity index (χ3n) is 5.90. The molecule has 1 rings (SSSR count). The summed E-state index contributed by atoms with van der Waals surface area (Å²) >= 11 is 0. The second kappa shape index (κ2) is 16.9. The van der Waals surface area contributed by atoms with Gasteiger partial charge in [-0.15, -0.1) is 0 Å². The zero-order chi connectivity index (χ0) is 21.3. The quantitative estimate of drug-likeness (QED) is 0.290. The first-order valence-electron chi connectivity index (χ1n) is 11.8. The summed E-state index contributed by atoms with van der Waals surface area (Å²) in [6.45, 7) is 8.42. The minimum absolute atomic E-state index is 0.0740. The number of aliphatic hydroxyl groups excluding tert-OH is 2. The highest BCUT2D eigenvalue weighted by Crippen LogP contribution is 2.16. The van der Waals surface area contributed by atoms with Crippen LogP contribution in [0, 0.1) is 5.92 Å². The number of carbonyl (C=O) groups excluding carboxylic acids is 1. The molecule has 0 aromatic carbocycles. The van der Waals surface area contributed by atoms with E-state index in [1.807, 2.05) is 11.9 Å². The van der Waals surface area contributed by atoms with Gasteiger partial charge in [0.05, 0.1) is 12.7 Å². The lowest BCUT2D eigenvalue weighted by Crippen LogP contribution is -2.47. The van der Waals surface area contributed by atoms with Crippen LogP contribution in [0.4, 0.5) is 4.79 Å². The summed E-state index contributed by atoms with van der Waals surface area (Å²) in [6.07, 6.45) is 9.11. The molecule has 0 aromatic rings. The van der Waals surface area contributed by atoms with E-state index in [0.29, 0.717) is 18.9 Å². The Labute approximate surface area is 178 Å². The summed E-state index contributed by atoms with van der Waals surface area (Å²) in [5.74, 6) is 0.687. The zero-order valence-electron chi connectivity index (χ0n) is 18.9. The molecule has 1 atom stereocenters. The number of carbonyl (C=O) groups is 1. The Hall–Kier alpha value is -0.890. The van der Waals surface area contributed by atoms with Gasteiger partial charge in [-0.2, -0.15) is 0 Å². The van der Waals surface area contributed by atoms with Gasteiger partial charge in [-0.05, 0) is 71.1 Å². The molecule has 0 saturated carbocycles. The van der Waals surface area contributed by atoms with Crippen molar-refractivity contribution in [3.63, 3.8) is 0 Å². The van der Waals surface area contributed by atoms with E-state index < -0.39 is 6.10 Å². The van der Waals surface area contributed by atoms with Crippen molar-refractivity contribution >= 4 is 6.03 Å². The Morgan fingerprint density at radius 3 is 2.41 bits per heavy atom. The molecular formula is C22H46N4O3. The summed E-state index contributed by atoms with van der Waals surface area (Å²) in [5.41, 5.74) is 0. The lowest BCUT2D eigenvalue weighted by molar-refractivity contribution is 0.0852. The largest absolute Gasteiger partial charge is 0.394 e. The van der Waals surface area contributed by atoms with E-state index in [9.17, 15) is 9.90 Å². The molecule has 1 aliphatic heterocycles. The Bertz CT molecular complexity index is 404. The maximum Gasteiger partial charge on any atom is 0.317 e. The van der Waals surface area contributed by atoms with Gasteiger partial charge in [-0.3, -0.25) is 0 Å². The Kier molecular flexibility index (Phi) is 15.2. The van der Waals surface area contributed by atoms with E-state index in [-0.39, 0.29) is 12.6 Å². The third kappa shape index (κ3) is 12.4. The number of urea groups is 1.